The van der Waals surface area contributed by atoms with Gasteiger partial charge >= 0.3 is 18.0 Å². The first-order valence-electron chi connectivity index (χ1n) is 6.34. The van der Waals surface area contributed by atoms with Crippen LogP contribution in [0.15, 0.2) is 0 Å². The summed E-state index contributed by atoms with van der Waals surface area (Å²) in [6.07, 6.45) is 3.79. The normalized spacial score (nSPS) is 11.5. The van der Waals surface area contributed by atoms with Crippen molar-refractivity contribution in [2.45, 2.75) is 31.7 Å². The molecule has 0 aromatic heterocycles. The summed E-state index contributed by atoms with van der Waals surface area (Å²) in [6, 6.07) is -1.63. The third-order valence-corrected chi connectivity index (χ3v) is 3.23. The number of amides is 2. The lowest BCUT2D eigenvalue weighted by Crippen LogP contribution is -2.46. The molecule has 116 valence electrons. The first-order valence-corrected chi connectivity index (χ1v) is 7.73. The molecule has 0 aliphatic heterocycles. The zero-order chi connectivity index (χ0) is 15.4. The molecule has 0 unspecified atom stereocenters. The van der Waals surface area contributed by atoms with Gasteiger partial charge in [0.15, 0.2) is 0 Å². The lowest BCUT2D eigenvalue weighted by Gasteiger charge is -2.14. The lowest BCUT2D eigenvalue weighted by atomic mass is 10.1. The molecule has 0 aliphatic carbocycles. The zero-order valence-electron chi connectivity index (χ0n) is 11.8. The largest absolute Gasteiger partial charge is 0.480 e. The molecule has 1 atom stereocenters. The Bertz CT molecular complexity index is 325. The number of carbonyl (C=O) groups excluding carboxylic acids is 2. The molecule has 2 amide bonds. The van der Waals surface area contributed by atoms with Crippen molar-refractivity contribution >= 4 is 29.7 Å². The molecule has 0 spiro atoms. The number of carboxylic acids is 1. The van der Waals surface area contributed by atoms with Crippen molar-refractivity contribution in [3.63, 3.8) is 0 Å². The molecule has 0 rings (SSSR count). The van der Waals surface area contributed by atoms with E-state index >= 15 is 0 Å². The van der Waals surface area contributed by atoms with Crippen LogP contribution in [0.2, 0.25) is 0 Å². The summed E-state index contributed by atoms with van der Waals surface area (Å²) in [5.74, 6) is -0.651. The van der Waals surface area contributed by atoms with Crippen molar-refractivity contribution in [3.05, 3.63) is 0 Å². The molecule has 7 nitrogen and oxygen atoms in total. The van der Waals surface area contributed by atoms with Gasteiger partial charge in [0.25, 0.3) is 0 Å². The summed E-state index contributed by atoms with van der Waals surface area (Å²) in [5.41, 5.74) is 0. The van der Waals surface area contributed by atoms with Gasteiger partial charge in [-0.25, -0.2) is 9.59 Å². The SMILES string of the molecule is COC(=O)CC[C@@H](NC(=O)NCCCCSC)C(=O)O. The molecule has 0 saturated carbocycles. The first-order chi connectivity index (χ1) is 9.51. The second kappa shape index (κ2) is 11.4. The van der Waals surface area contributed by atoms with Crippen LogP contribution in [-0.4, -0.2) is 54.8 Å². The van der Waals surface area contributed by atoms with Crippen LogP contribution in [-0.2, 0) is 14.3 Å². The summed E-state index contributed by atoms with van der Waals surface area (Å²) in [7, 11) is 1.23. The number of urea groups is 1. The van der Waals surface area contributed by atoms with E-state index in [4.69, 9.17) is 5.11 Å². The van der Waals surface area contributed by atoms with Crippen LogP contribution in [0, 0.1) is 0 Å². The highest BCUT2D eigenvalue weighted by atomic mass is 32.2. The average molecular weight is 306 g/mol. The maximum atomic E-state index is 11.5. The quantitative estimate of drug-likeness (QED) is 0.408. The third kappa shape index (κ3) is 9.48. The molecule has 0 aromatic rings. The van der Waals surface area contributed by atoms with Crippen LogP contribution in [0.5, 0.6) is 0 Å². The number of rotatable bonds is 10. The van der Waals surface area contributed by atoms with Crippen LogP contribution >= 0.6 is 11.8 Å². The Morgan fingerprint density at radius 2 is 2.00 bits per heavy atom. The van der Waals surface area contributed by atoms with E-state index in [1.165, 1.54) is 7.11 Å². The van der Waals surface area contributed by atoms with E-state index in [9.17, 15) is 14.4 Å². The lowest BCUT2D eigenvalue weighted by molar-refractivity contribution is -0.142. The van der Waals surface area contributed by atoms with Gasteiger partial charge < -0.3 is 20.5 Å². The van der Waals surface area contributed by atoms with Gasteiger partial charge in [0.2, 0.25) is 0 Å². The molecule has 0 heterocycles. The van der Waals surface area contributed by atoms with E-state index < -0.39 is 24.0 Å². The second-order valence-electron chi connectivity index (χ2n) is 4.11. The van der Waals surface area contributed by atoms with Gasteiger partial charge in [-0.1, -0.05) is 0 Å². The summed E-state index contributed by atoms with van der Waals surface area (Å²) < 4.78 is 4.43. The first kappa shape index (κ1) is 18.6. The molecular weight excluding hydrogens is 284 g/mol. The van der Waals surface area contributed by atoms with Gasteiger partial charge in [0, 0.05) is 13.0 Å². The summed E-state index contributed by atoms with van der Waals surface area (Å²) >= 11 is 1.74. The smallest absolute Gasteiger partial charge is 0.326 e. The van der Waals surface area contributed by atoms with Crippen LogP contribution in [0.1, 0.15) is 25.7 Å². The second-order valence-corrected chi connectivity index (χ2v) is 5.09. The van der Waals surface area contributed by atoms with Gasteiger partial charge in [-0.2, -0.15) is 11.8 Å². The minimum Gasteiger partial charge on any atom is -0.480 e. The van der Waals surface area contributed by atoms with Crippen LogP contribution in [0.25, 0.3) is 0 Å². The Hall–Kier alpha value is -1.44. The van der Waals surface area contributed by atoms with Crippen molar-refractivity contribution in [1.82, 2.24) is 10.6 Å². The Morgan fingerprint density at radius 3 is 2.55 bits per heavy atom. The van der Waals surface area contributed by atoms with Crippen molar-refractivity contribution in [3.8, 4) is 0 Å². The zero-order valence-corrected chi connectivity index (χ0v) is 12.6. The van der Waals surface area contributed by atoms with E-state index in [0.717, 1.165) is 18.6 Å². The number of hydrogen-bond acceptors (Lipinski definition) is 5. The van der Waals surface area contributed by atoms with E-state index in [1.807, 2.05) is 6.26 Å². The molecule has 3 N–H and O–H groups in total. The number of esters is 1. The molecule has 0 aromatic carbocycles. The number of nitrogens with one attached hydrogen (secondary N) is 2. The van der Waals surface area contributed by atoms with E-state index in [-0.39, 0.29) is 12.8 Å². The maximum Gasteiger partial charge on any atom is 0.326 e. The van der Waals surface area contributed by atoms with Gasteiger partial charge in [-0.15, -0.1) is 0 Å². The number of thioether (sulfide) groups is 1. The molecule has 0 bridgehead atoms. The fourth-order valence-corrected chi connectivity index (χ4v) is 1.90. The highest BCUT2D eigenvalue weighted by Gasteiger charge is 2.20. The molecule has 0 radical (unpaired) electrons. The third-order valence-electron chi connectivity index (χ3n) is 2.53. The van der Waals surface area contributed by atoms with Crippen LogP contribution in [0.4, 0.5) is 4.79 Å². The number of methoxy groups -OCH3 is 1. The highest BCUT2D eigenvalue weighted by Crippen LogP contribution is 2.00. The number of unbranched alkanes of at least 4 members (excludes halogenated alkanes) is 1. The Kier molecular flexibility index (Phi) is 10.6. The van der Waals surface area contributed by atoms with E-state index in [2.05, 4.69) is 15.4 Å². The average Bonchev–Trinajstić information content (AvgIpc) is 2.42. The highest BCUT2D eigenvalue weighted by molar-refractivity contribution is 7.98. The molecular formula is C12H22N2O5S. The molecule has 8 heteroatoms. The Morgan fingerprint density at radius 1 is 1.30 bits per heavy atom. The fraction of sp³-hybridized carbons (Fsp3) is 0.750. The molecule has 20 heavy (non-hydrogen) atoms. The minimum absolute atomic E-state index is 0.00189. The van der Waals surface area contributed by atoms with Gasteiger partial charge in [0.1, 0.15) is 6.04 Å². The number of aliphatic carboxylic acids is 1. The van der Waals surface area contributed by atoms with Crippen molar-refractivity contribution in [1.29, 1.82) is 0 Å². The van der Waals surface area contributed by atoms with Crippen LogP contribution < -0.4 is 10.6 Å². The fourth-order valence-electron chi connectivity index (χ4n) is 1.40. The topological polar surface area (TPSA) is 105 Å². The predicted octanol–water partition coefficient (Wildman–Crippen LogP) is 0.835. The monoisotopic (exact) mass is 306 g/mol. The Balaban J connectivity index is 3.96. The van der Waals surface area contributed by atoms with Gasteiger partial charge in [-0.05, 0) is 31.3 Å². The van der Waals surface area contributed by atoms with E-state index in [0.29, 0.717) is 6.54 Å². The minimum atomic E-state index is -1.17. The number of carbonyl (C=O) groups is 3. The predicted molar refractivity (Wildman–Crippen MR) is 76.8 cm³/mol. The molecule has 0 aliphatic rings. The number of hydrogen-bond donors (Lipinski definition) is 3. The number of carboxylic acid groups (broad SMARTS) is 1. The maximum absolute atomic E-state index is 11.5. The van der Waals surface area contributed by atoms with Crippen molar-refractivity contribution in [2.75, 3.05) is 25.7 Å². The standard InChI is InChI=1S/C12H22N2O5S/c1-19-10(15)6-5-9(11(16)17)14-12(18)13-7-3-4-8-20-2/h9H,3-8H2,1-2H3,(H,16,17)(H2,13,14,18)/t9-/m1/s1. The summed E-state index contributed by atoms with van der Waals surface area (Å²) in [4.78, 5) is 33.4. The number of ether oxygens (including phenoxy) is 1. The molecule has 0 saturated heterocycles. The van der Waals surface area contributed by atoms with Crippen molar-refractivity contribution < 1.29 is 24.2 Å². The van der Waals surface area contributed by atoms with Crippen LogP contribution in [0.3, 0.4) is 0 Å². The van der Waals surface area contributed by atoms with Gasteiger partial charge in [0.05, 0.1) is 7.11 Å². The Labute approximate surface area is 122 Å². The van der Waals surface area contributed by atoms with E-state index in [1.54, 1.807) is 11.8 Å². The van der Waals surface area contributed by atoms with Gasteiger partial charge in [-0.3, -0.25) is 4.79 Å². The summed E-state index contributed by atoms with van der Waals surface area (Å²) in [5, 5.41) is 13.9. The summed E-state index contributed by atoms with van der Waals surface area (Å²) in [6.45, 7) is 0.496. The van der Waals surface area contributed by atoms with Crippen molar-refractivity contribution in [2.24, 2.45) is 0 Å². The molecule has 0 fully saturated rings.